The molecule has 0 saturated carbocycles. The maximum atomic E-state index is 13.0. The van der Waals surface area contributed by atoms with Crippen LogP contribution >= 0.6 is 11.8 Å². The van der Waals surface area contributed by atoms with E-state index in [1.807, 2.05) is 24.3 Å². The van der Waals surface area contributed by atoms with Crippen molar-refractivity contribution in [3.63, 3.8) is 0 Å². The second kappa shape index (κ2) is 11.5. The summed E-state index contributed by atoms with van der Waals surface area (Å²) in [5.41, 5.74) is 1.57. The first-order chi connectivity index (χ1) is 16.8. The molecular weight excluding hydrogens is 474 g/mol. The van der Waals surface area contributed by atoms with E-state index in [0.29, 0.717) is 22.8 Å². The predicted octanol–water partition coefficient (Wildman–Crippen LogP) is 4.85. The normalized spacial score (nSPS) is 15.4. The maximum absolute atomic E-state index is 13.0. The monoisotopic (exact) mass is 499 g/mol. The molecule has 1 aliphatic heterocycles. The highest BCUT2D eigenvalue weighted by atomic mass is 32.2. The fraction of sp³-hybridized carbons (Fsp3) is 0.292. The number of hydrogen-bond donors (Lipinski definition) is 0. The van der Waals surface area contributed by atoms with Crippen LogP contribution in [0, 0.1) is 10.1 Å². The summed E-state index contributed by atoms with van der Waals surface area (Å²) in [7, 11) is 2.80. The highest BCUT2D eigenvalue weighted by molar-refractivity contribution is 8.13. The number of nitro benzene ring substituents is 1. The zero-order valence-electron chi connectivity index (χ0n) is 19.7. The number of amides is 1. The lowest BCUT2D eigenvalue weighted by atomic mass is 9.94. The van der Waals surface area contributed by atoms with Gasteiger partial charge in [0.15, 0.2) is 5.17 Å². The number of carbonyl (C=O) groups is 2. The van der Waals surface area contributed by atoms with Gasteiger partial charge in [-0.2, -0.15) is 0 Å². The minimum Gasteiger partial charge on any atom is -0.497 e. The summed E-state index contributed by atoms with van der Waals surface area (Å²) in [6.45, 7) is 3.41. The van der Waals surface area contributed by atoms with E-state index in [9.17, 15) is 19.7 Å². The molecule has 0 bridgehead atoms. The molecule has 2 aromatic rings. The number of ether oxygens (including phenoxy) is 3. The quantitative estimate of drug-likeness (QED) is 0.301. The van der Waals surface area contributed by atoms with Crippen LogP contribution in [-0.4, -0.2) is 47.9 Å². The number of non-ortho nitro benzene ring substituents is 1. The number of nitro groups is 1. The van der Waals surface area contributed by atoms with Crippen LogP contribution in [-0.2, 0) is 20.0 Å². The topological polar surface area (TPSA) is 121 Å². The van der Waals surface area contributed by atoms with Crippen LogP contribution in [0.3, 0.4) is 0 Å². The van der Waals surface area contributed by atoms with Crippen LogP contribution in [0.1, 0.15) is 31.0 Å². The minimum absolute atomic E-state index is 0.103. The molecule has 1 unspecified atom stereocenters. The van der Waals surface area contributed by atoms with E-state index in [1.54, 1.807) is 27.0 Å². The van der Waals surface area contributed by atoms with Crippen LogP contribution in [0.15, 0.2) is 64.8 Å². The Morgan fingerprint density at radius 3 is 2.49 bits per heavy atom. The first kappa shape index (κ1) is 25.8. The molecule has 1 heterocycles. The molecule has 11 heteroatoms. The molecule has 0 spiro atoms. The van der Waals surface area contributed by atoms with Crippen LogP contribution < -0.4 is 4.74 Å². The first-order valence-corrected chi connectivity index (χ1v) is 11.6. The lowest BCUT2D eigenvalue weighted by Crippen LogP contribution is -2.43. The highest BCUT2D eigenvalue weighted by Gasteiger charge is 2.41. The Hall–Kier alpha value is -3.86. The summed E-state index contributed by atoms with van der Waals surface area (Å²) in [6, 6.07) is 12.2. The van der Waals surface area contributed by atoms with Gasteiger partial charge in [-0.25, -0.2) is 19.5 Å². The molecule has 3 rings (SSSR count). The molecule has 0 radical (unpaired) electrons. The molecule has 0 saturated heterocycles. The van der Waals surface area contributed by atoms with Gasteiger partial charge in [0.05, 0.1) is 37.0 Å². The Balaban J connectivity index is 2.09. The number of amidine groups is 1. The van der Waals surface area contributed by atoms with Crippen molar-refractivity contribution in [2.24, 2.45) is 4.99 Å². The smallest absolute Gasteiger partial charge is 0.416 e. The molecular formula is C24H25N3O7S. The Morgan fingerprint density at radius 1 is 1.17 bits per heavy atom. The molecule has 1 atom stereocenters. The fourth-order valence-electron chi connectivity index (χ4n) is 3.54. The standard InChI is InChI=1S/C24H25N3O7S/c1-5-34-22(28)20-15(2)25-23(35-14-16-9-11-19(32-3)12-10-16)26(24(29)33-4)21(20)17-7-6-8-18(13-17)27(30)31/h6-13,21H,5,14H2,1-4H3. The van der Waals surface area contributed by atoms with Crippen LogP contribution in [0.25, 0.3) is 0 Å². The second-order valence-electron chi connectivity index (χ2n) is 7.35. The van der Waals surface area contributed by atoms with Crippen molar-refractivity contribution < 1.29 is 28.7 Å². The lowest BCUT2D eigenvalue weighted by Gasteiger charge is -2.35. The third kappa shape index (κ3) is 5.80. The Bertz CT molecular complexity index is 1180. The average molecular weight is 500 g/mol. The SMILES string of the molecule is CCOC(=O)C1=C(C)N=C(SCc2ccc(OC)cc2)N(C(=O)OC)C1c1cccc([N+](=O)[O-])c1. The Morgan fingerprint density at radius 2 is 1.89 bits per heavy atom. The van der Waals surface area contributed by atoms with E-state index in [-0.39, 0.29) is 23.0 Å². The van der Waals surface area contributed by atoms with Crippen LogP contribution in [0.4, 0.5) is 10.5 Å². The van der Waals surface area contributed by atoms with E-state index < -0.39 is 23.0 Å². The summed E-state index contributed by atoms with van der Waals surface area (Å²) in [5, 5.41) is 11.7. The fourth-order valence-corrected chi connectivity index (χ4v) is 4.55. The van der Waals surface area contributed by atoms with Gasteiger partial charge in [0, 0.05) is 17.9 Å². The molecule has 10 nitrogen and oxygen atoms in total. The van der Waals surface area contributed by atoms with Crippen molar-refractivity contribution in [1.29, 1.82) is 0 Å². The number of nitrogens with zero attached hydrogens (tertiary/aromatic N) is 3. The van der Waals surface area contributed by atoms with Gasteiger partial charge in [0.2, 0.25) is 0 Å². The molecule has 2 aromatic carbocycles. The summed E-state index contributed by atoms with van der Waals surface area (Å²) in [5.74, 6) is 0.506. The Kier molecular flexibility index (Phi) is 8.48. The average Bonchev–Trinajstić information content (AvgIpc) is 2.86. The van der Waals surface area contributed by atoms with Gasteiger partial charge in [0.25, 0.3) is 5.69 Å². The molecule has 0 aromatic heterocycles. The van der Waals surface area contributed by atoms with Gasteiger partial charge in [-0.1, -0.05) is 36.0 Å². The zero-order valence-corrected chi connectivity index (χ0v) is 20.5. The van der Waals surface area contributed by atoms with Crippen molar-refractivity contribution >= 4 is 34.7 Å². The predicted molar refractivity (Wildman–Crippen MR) is 131 cm³/mol. The van der Waals surface area contributed by atoms with E-state index >= 15 is 0 Å². The van der Waals surface area contributed by atoms with Gasteiger partial charge in [-0.15, -0.1) is 0 Å². The first-order valence-electron chi connectivity index (χ1n) is 10.6. The van der Waals surface area contributed by atoms with Crippen molar-refractivity contribution in [1.82, 2.24) is 4.90 Å². The number of benzene rings is 2. The summed E-state index contributed by atoms with van der Waals surface area (Å²) in [6.07, 6.45) is -0.767. The van der Waals surface area contributed by atoms with Crippen molar-refractivity contribution in [3.05, 3.63) is 81.0 Å². The number of aliphatic imine (C=N–C) groups is 1. The molecule has 184 valence electrons. The van der Waals surface area contributed by atoms with Gasteiger partial charge in [-0.05, 0) is 37.1 Å². The molecule has 0 aliphatic carbocycles. The molecule has 1 aliphatic rings. The molecule has 0 fully saturated rings. The lowest BCUT2D eigenvalue weighted by molar-refractivity contribution is -0.384. The number of rotatable bonds is 7. The Labute approximate surface area is 206 Å². The van der Waals surface area contributed by atoms with Crippen molar-refractivity contribution in [3.8, 4) is 5.75 Å². The van der Waals surface area contributed by atoms with Crippen LogP contribution in [0.2, 0.25) is 0 Å². The summed E-state index contributed by atoms with van der Waals surface area (Å²) < 4.78 is 15.4. The number of thioether (sulfide) groups is 1. The van der Waals surface area contributed by atoms with Gasteiger partial charge in [-0.3, -0.25) is 10.1 Å². The van der Waals surface area contributed by atoms with Gasteiger partial charge >= 0.3 is 12.1 Å². The van der Waals surface area contributed by atoms with Gasteiger partial charge < -0.3 is 14.2 Å². The largest absolute Gasteiger partial charge is 0.497 e. The number of methoxy groups -OCH3 is 2. The number of carbonyl (C=O) groups excluding carboxylic acids is 2. The number of allylic oxidation sites excluding steroid dienone is 1. The van der Waals surface area contributed by atoms with E-state index in [0.717, 1.165) is 5.56 Å². The van der Waals surface area contributed by atoms with E-state index in [4.69, 9.17) is 14.2 Å². The van der Waals surface area contributed by atoms with Crippen molar-refractivity contribution in [2.45, 2.75) is 25.6 Å². The summed E-state index contributed by atoms with van der Waals surface area (Å²) >= 11 is 1.27. The molecule has 1 amide bonds. The minimum atomic E-state index is -1.03. The third-order valence-corrected chi connectivity index (χ3v) is 6.21. The van der Waals surface area contributed by atoms with E-state index in [2.05, 4.69) is 4.99 Å². The summed E-state index contributed by atoms with van der Waals surface area (Å²) in [4.78, 5) is 42.6. The highest BCUT2D eigenvalue weighted by Crippen LogP contribution is 2.40. The van der Waals surface area contributed by atoms with Crippen molar-refractivity contribution in [2.75, 3.05) is 20.8 Å². The zero-order chi connectivity index (χ0) is 25.5. The maximum Gasteiger partial charge on any atom is 0.416 e. The van der Waals surface area contributed by atoms with E-state index in [1.165, 1.54) is 42.0 Å². The van der Waals surface area contributed by atoms with Gasteiger partial charge in [0.1, 0.15) is 11.8 Å². The molecule has 0 N–H and O–H groups in total. The third-order valence-electron chi connectivity index (χ3n) is 5.18. The number of esters is 1. The van der Waals surface area contributed by atoms with Crippen LogP contribution in [0.5, 0.6) is 5.75 Å². The second-order valence-corrected chi connectivity index (χ2v) is 8.29. The molecule has 35 heavy (non-hydrogen) atoms. The number of hydrogen-bond acceptors (Lipinski definition) is 9.